The van der Waals surface area contributed by atoms with Crippen molar-refractivity contribution in [2.45, 2.75) is 38.6 Å². The summed E-state index contributed by atoms with van der Waals surface area (Å²) in [5, 5.41) is 13.8. The van der Waals surface area contributed by atoms with Crippen molar-refractivity contribution < 1.29 is 9.84 Å². The van der Waals surface area contributed by atoms with E-state index in [0.29, 0.717) is 11.8 Å². The first-order valence-electron chi connectivity index (χ1n) is 6.41. The van der Waals surface area contributed by atoms with Crippen LogP contribution in [0.15, 0.2) is 10.5 Å². The van der Waals surface area contributed by atoms with Crippen LogP contribution in [-0.2, 0) is 6.42 Å². The molecule has 0 spiro atoms. The Morgan fingerprint density at radius 1 is 1.50 bits per heavy atom. The van der Waals surface area contributed by atoms with Gasteiger partial charge in [-0.2, -0.15) is 0 Å². The lowest BCUT2D eigenvalue weighted by Gasteiger charge is -2.25. The van der Waals surface area contributed by atoms with Gasteiger partial charge in [-0.1, -0.05) is 22.4 Å². The molecule has 1 saturated heterocycles. The minimum Gasteiger partial charge on any atom is -0.504 e. The molecule has 1 heterocycles. The Hall–Kier alpha value is -0.740. The number of aromatic hydroxyl groups is 1. The fraction of sp³-hybridized carbons (Fsp3) is 0.571. The zero-order valence-electron chi connectivity index (χ0n) is 10.9. The SMILES string of the molecule is COc1cc(Br)c(C)c(CC2CCCCN2)c1O. The number of rotatable bonds is 3. The van der Waals surface area contributed by atoms with E-state index in [1.165, 1.54) is 19.3 Å². The first-order valence-corrected chi connectivity index (χ1v) is 7.21. The molecular formula is C14H20BrNO2. The Kier molecular flexibility index (Phi) is 4.51. The van der Waals surface area contributed by atoms with Gasteiger partial charge < -0.3 is 15.2 Å². The highest BCUT2D eigenvalue weighted by molar-refractivity contribution is 9.10. The maximum absolute atomic E-state index is 10.3. The number of ether oxygens (including phenoxy) is 1. The number of nitrogens with one attached hydrogen (secondary N) is 1. The smallest absolute Gasteiger partial charge is 0.161 e. The van der Waals surface area contributed by atoms with Crippen molar-refractivity contribution in [1.82, 2.24) is 5.32 Å². The first kappa shape index (κ1) is 13.7. The van der Waals surface area contributed by atoms with Crippen LogP contribution in [0, 0.1) is 6.92 Å². The van der Waals surface area contributed by atoms with Gasteiger partial charge in [-0.3, -0.25) is 0 Å². The highest BCUT2D eigenvalue weighted by Gasteiger charge is 2.20. The van der Waals surface area contributed by atoms with Gasteiger partial charge in [0.05, 0.1) is 7.11 Å². The van der Waals surface area contributed by atoms with Crippen LogP contribution in [0.25, 0.3) is 0 Å². The highest BCUT2D eigenvalue weighted by atomic mass is 79.9. The molecule has 1 aliphatic heterocycles. The van der Waals surface area contributed by atoms with Gasteiger partial charge >= 0.3 is 0 Å². The van der Waals surface area contributed by atoms with E-state index in [2.05, 4.69) is 21.2 Å². The Balaban J connectivity index is 2.27. The topological polar surface area (TPSA) is 41.5 Å². The van der Waals surface area contributed by atoms with Gasteiger partial charge in [0.1, 0.15) is 0 Å². The maximum atomic E-state index is 10.3. The minimum atomic E-state index is 0.283. The fourth-order valence-electron chi connectivity index (χ4n) is 2.51. The van der Waals surface area contributed by atoms with Gasteiger partial charge in [-0.15, -0.1) is 0 Å². The predicted octanol–water partition coefficient (Wildman–Crippen LogP) is 3.16. The predicted molar refractivity (Wildman–Crippen MR) is 76.4 cm³/mol. The van der Waals surface area contributed by atoms with E-state index < -0.39 is 0 Å². The summed E-state index contributed by atoms with van der Waals surface area (Å²) in [5.74, 6) is 0.823. The summed E-state index contributed by atoms with van der Waals surface area (Å²) < 4.78 is 6.20. The first-order chi connectivity index (χ1) is 8.63. The molecule has 4 heteroatoms. The molecular weight excluding hydrogens is 294 g/mol. The third-order valence-corrected chi connectivity index (χ3v) is 4.49. The molecule has 100 valence electrons. The van der Waals surface area contributed by atoms with Gasteiger partial charge in [0.15, 0.2) is 11.5 Å². The van der Waals surface area contributed by atoms with Gasteiger partial charge in [-0.25, -0.2) is 0 Å². The van der Waals surface area contributed by atoms with E-state index in [1.54, 1.807) is 7.11 Å². The average Bonchev–Trinajstić information content (AvgIpc) is 2.40. The van der Waals surface area contributed by atoms with Crippen molar-refractivity contribution in [2.24, 2.45) is 0 Å². The largest absolute Gasteiger partial charge is 0.504 e. The van der Waals surface area contributed by atoms with E-state index in [1.807, 2.05) is 13.0 Å². The Labute approximate surface area is 117 Å². The summed E-state index contributed by atoms with van der Waals surface area (Å²) in [6.07, 6.45) is 4.55. The van der Waals surface area contributed by atoms with Crippen LogP contribution in [0.4, 0.5) is 0 Å². The second kappa shape index (κ2) is 5.93. The molecule has 1 aromatic carbocycles. The third kappa shape index (κ3) is 2.81. The van der Waals surface area contributed by atoms with E-state index in [-0.39, 0.29) is 5.75 Å². The standard InChI is InChI=1S/C14H20BrNO2/c1-9-11(7-10-5-3-4-6-16-10)14(17)13(18-2)8-12(9)15/h8,10,16-17H,3-7H2,1-2H3. The van der Waals surface area contributed by atoms with Crippen LogP contribution in [-0.4, -0.2) is 24.8 Å². The number of methoxy groups -OCH3 is 1. The van der Waals surface area contributed by atoms with Gasteiger partial charge in [-0.05, 0) is 44.4 Å². The zero-order valence-corrected chi connectivity index (χ0v) is 12.5. The molecule has 0 aromatic heterocycles. The molecule has 1 aromatic rings. The number of phenolic OH excluding ortho intramolecular Hbond substituents is 1. The molecule has 1 aliphatic rings. The molecule has 1 fully saturated rings. The Morgan fingerprint density at radius 3 is 2.89 bits per heavy atom. The zero-order chi connectivity index (χ0) is 13.1. The quantitative estimate of drug-likeness (QED) is 0.900. The molecule has 0 saturated carbocycles. The summed E-state index contributed by atoms with van der Waals surface area (Å²) in [6, 6.07) is 2.28. The van der Waals surface area contributed by atoms with E-state index in [9.17, 15) is 5.11 Å². The van der Waals surface area contributed by atoms with Gasteiger partial charge in [0, 0.05) is 16.1 Å². The van der Waals surface area contributed by atoms with Crippen LogP contribution in [0.1, 0.15) is 30.4 Å². The maximum Gasteiger partial charge on any atom is 0.161 e. The Bertz CT molecular complexity index is 428. The van der Waals surface area contributed by atoms with E-state index in [4.69, 9.17) is 4.74 Å². The molecule has 0 bridgehead atoms. The van der Waals surface area contributed by atoms with Crippen LogP contribution in [0.2, 0.25) is 0 Å². The molecule has 2 rings (SSSR count). The summed E-state index contributed by atoms with van der Waals surface area (Å²) in [4.78, 5) is 0. The van der Waals surface area contributed by atoms with Crippen LogP contribution < -0.4 is 10.1 Å². The summed E-state index contributed by atoms with van der Waals surface area (Å²) >= 11 is 3.53. The van der Waals surface area contributed by atoms with Crippen molar-refractivity contribution in [3.8, 4) is 11.5 Å². The van der Waals surface area contributed by atoms with Crippen molar-refractivity contribution in [2.75, 3.05) is 13.7 Å². The summed E-state index contributed by atoms with van der Waals surface area (Å²) in [6.45, 7) is 3.11. The molecule has 18 heavy (non-hydrogen) atoms. The van der Waals surface area contributed by atoms with Crippen molar-refractivity contribution in [1.29, 1.82) is 0 Å². The number of piperidine rings is 1. The highest BCUT2D eigenvalue weighted by Crippen LogP contribution is 2.38. The second-order valence-corrected chi connectivity index (χ2v) is 5.72. The van der Waals surface area contributed by atoms with Crippen LogP contribution in [0.5, 0.6) is 11.5 Å². The summed E-state index contributed by atoms with van der Waals surface area (Å²) in [7, 11) is 1.58. The molecule has 1 unspecified atom stereocenters. The normalized spacial score (nSPS) is 19.8. The molecule has 0 amide bonds. The second-order valence-electron chi connectivity index (χ2n) is 4.86. The van der Waals surface area contributed by atoms with Gasteiger partial charge in [0.2, 0.25) is 0 Å². The van der Waals surface area contributed by atoms with Crippen molar-refractivity contribution in [3.05, 3.63) is 21.7 Å². The number of phenols is 1. The lowest BCUT2D eigenvalue weighted by molar-refractivity contribution is 0.361. The number of halogens is 1. The fourth-order valence-corrected chi connectivity index (χ4v) is 2.96. The number of benzene rings is 1. The molecule has 3 nitrogen and oxygen atoms in total. The van der Waals surface area contributed by atoms with Crippen molar-refractivity contribution >= 4 is 15.9 Å². The monoisotopic (exact) mass is 313 g/mol. The lowest BCUT2D eigenvalue weighted by atomic mass is 9.94. The molecule has 2 N–H and O–H groups in total. The lowest BCUT2D eigenvalue weighted by Crippen LogP contribution is -2.35. The molecule has 0 aliphatic carbocycles. The minimum absolute atomic E-state index is 0.283. The van der Waals surface area contributed by atoms with Gasteiger partial charge in [0.25, 0.3) is 0 Å². The molecule has 0 radical (unpaired) electrons. The van der Waals surface area contributed by atoms with Crippen LogP contribution >= 0.6 is 15.9 Å². The average molecular weight is 314 g/mol. The van der Waals surface area contributed by atoms with E-state index >= 15 is 0 Å². The molecule has 1 atom stereocenters. The van der Waals surface area contributed by atoms with Crippen LogP contribution in [0.3, 0.4) is 0 Å². The summed E-state index contributed by atoms with van der Waals surface area (Å²) in [5.41, 5.74) is 2.08. The van der Waals surface area contributed by atoms with E-state index in [0.717, 1.165) is 28.6 Å². The van der Waals surface area contributed by atoms with Crippen molar-refractivity contribution in [3.63, 3.8) is 0 Å². The third-order valence-electron chi connectivity index (χ3n) is 3.67. The Morgan fingerprint density at radius 2 is 2.28 bits per heavy atom. The number of hydrogen-bond acceptors (Lipinski definition) is 3. The number of hydrogen-bond donors (Lipinski definition) is 2.